The third-order valence-corrected chi connectivity index (χ3v) is 2.95. The maximum absolute atomic E-state index is 11.8. The Bertz CT molecular complexity index is 159. The van der Waals surface area contributed by atoms with Crippen LogP contribution in [0.25, 0.3) is 0 Å². The Balaban J connectivity index is 4.22. The van der Waals surface area contributed by atoms with Crippen molar-refractivity contribution in [3.63, 3.8) is 0 Å². The molecule has 0 rings (SSSR count). The number of rotatable bonds is 6. The number of hydrogen-bond acceptors (Lipinski definition) is 2. The van der Waals surface area contributed by atoms with Gasteiger partial charge in [-0.15, -0.1) is 0 Å². The first kappa shape index (κ1) is 12.6. The first-order valence-corrected chi connectivity index (χ1v) is 5.08. The molecule has 0 saturated carbocycles. The first-order valence-electron chi connectivity index (χ1n) is 5.08. The van der Waals surface area contributed by atoms with Crippen LogP contribution in [0.2, 0.25) is 0 Å². The first-order chi connectivity index (χ1) is 6.00. The second-order valence-electron chi connectivity index (χ2n) is 3.93. The highest BCUT2D eigenvalue weighted by molar-refractivity contribution is 5.87. The summed E-state index contributed by atoms with van der Waals surface area (Å²) in [7, 11) is 1.61. The third kappa shape index (κ3) is 3.47. The number of hydrogen-bond donors (Lipinski definition) is 0. The zero-order valence-electron chi connectivity index (χ0n) is 9.52. The van der Waals surface area contributed by atoms with E-state index in [2.05, 4.69) is 13.8 Å². The van der Waals surface area contributed by atoms with Gasteiger partial charge in [0.05, 0.1) is 0 Å². The Morgan fingerprint density at radius 3 is 2.31 bits per heavy atom. The topological polar surface area (TPSA) is 26.3 Å². The number of ketones is 1. The highest BCUT2D eigenvalue weighted by Crippen LogP contribution is 2.20. The average Bonchev–Trinajstić information content (AvgIpc) is 2.16. The number of Topliss-reactive ketones (excluding diaryl/α,β-unsaturated/α-hetero) is 1. The van der Waals surface area contributed by atoms with Gasteiger partial charge in [-0.3, -0.25) is 4.79 Å². The molecule has 0 saturated heterocycles. The van der Waals surface area contributed by atoms with Gasteiger partial charge in [0.25, 0.3) is 0 Å². The summed E-state index contributed by atoms with van der Waals surface area (Å²) in [4.78, 5) is 11.8. The monoisotopic (exact) mass is 186 g/mol. The van der Waals surface area contributed by atoms with Crippen molar-refractivity contribution in [2.24, 2.45) is 5.92 Å². The van der Waals surface area contributed by atoms with Gasteiger partial charge in [-0.25, -0.2) is 0 Å². The molecule has 0 aliphatic rings. The summed E-state index contributed by atoms with van der Waals surface area (Å²) in [6.45, 7) is 8.06. The van der Waals surface area contributed by atoms with E-state index in [1.807, 2.05) is 13.8 Å². The van der Waals surface area contributed by atoms with Crippen LogP contribution in [0.1, 0.15) is 47.0 Å². The summed E-state index contributed by atoms with van der Waals surface area (Å²) in [6.07, 6.45) is 2.43. The van der Waals surface area contributed by atoms with Crippen LogP contribution in [0, 0.1) is 5.92 Å². The predicted molar refractivity (Wildman–Crippen MR) is 54.8 cm³/mol. The number of carbonyl (C=O) groups is 1. The molecule has 0 spiro atoms. The van der Waals surface area contributed by atoms with Crippen molar-refractivity contribution >= 4 is 5.78 Å². The van der Waals surface area contributed by atoms with Crippen molar-refractivity contribution in [2.45, 2.75) is 52.6 Å². The fraction of sp³-hybridized carbons (Fsp3) is 0.909. The van der Waals surface area contributed by atoms with E-state index in [1.165, 1.54) is 0 Å². The second kappa shape index (κ2) is 5.38. The fourth-order valence-corrected chi connectivity index (χ4v) is 1.13. The zero-order chi connectivity index (χ0) is 10.5. The highest BCUT2D eigenvalue weighted by Gasteiger charge is 2.30. The van der Waals surface area contributed by atoms with Crippen LogP contribution in [0.4, 0.5) is 0 Å². The Morgan fingerprint density at radius 1 is 1.46 bits per heavy atom. The molecule has 0 aliphatic carbocycles. The van der Waals surface area contributed by atoms with Gasteiger partial charge in [-0.05, 0) is 19.3 Å². The van der Waals surface area contributed by atoms with Crippen LogP contribution >= 0.6 is 0 Å². The molecule has 2 nitrogen and oxygen atoms in total. The number of methoxy groups -OCH3 is 1. The molecule has 13 heavy (non-hydrogen) atoms. The summed E-state index contributed by atoms with van der Waals surface area (Å²) >= 11 is 0. The molecule has 78 valence electrons. The van der Waals surface area contributed by atoms with Gasteiger partial charge in [0.15, 0.2) is 5.78 Å². The quantitative estimate of drug-likeness (QED) is 0.637. The Kier molecular flexibility index (Phi) is 5.23. The SMILES string of the molecule is CCC(C)CC(=O)C(C)(CC)OC. The molecule has 0 heterocycles. The number of ether oxygens (including phenoxy) is 1. The lowest BCUT2D eigenvalue weighted by atomic mass is 9.90. The van der Waals surface area contributed by atoms with Crippen LogP contribution in [-0.4, -0.2) is 18.5 Å². The van der Waals surface area contributed by atoms with E-state index < -0.39 is 5.60 Å². The van der Waals surface area contributed by atoms with Gasteiger partial charge >= 0.3 is 0 Å². The standard InChI is InChI=1S/C11H22O2/c1-6-9(3)8-10(12)11(4,7-2)13-5/h9H,6-8H2,1-5H3. The smallest absolute Gasteiger partial charge is 0.164 e. The van der Waals surface area contributed by atoms with E-state index >= 15 is 0 Å². The van der Waals surface area contributed by atoms with Gasteiger partial charge in [0, 0.05) is 13.5 Å². The lowest BCUT2D eigenvalue weighted by Gasteiger charge is -2.26. The Hall–Kier alpha value is -0.370. The molecule has 0 aromatic carbocycles. The fourth-order valence-electron chi connectivity index (χ4n) is 1.13. The average molecular weight is 186 g/mol. The molecule has 0 aliphatic heterocycles. The van der Waals surface area contributed by atoms with Crippen molar-refractivity contribution in [1.29, 1.82) is 0 Å². The normalized spacial score (nSPS) is 17.9. The second-order valence-corrected chi connectivity index (χ2v) is 3.93. The molecule has 2 unspecified atom stereocenters. The Labute approximate surface area is 81.7 Å². The maximum atomic E-state index is 11.8. The minimum absolute atomic E-state index is 0.229. The van der Waals surface area contributed by atoms with Gasteiger partial charge in [0.2, 0.25) is 0 Å². The molecular weight excluding hydrogens is 164 g/mol. The van der Waals surface area contributed by atoms with Crippen molar-refractivity contribution < 1.29 is 9.53 Å². The molecule has 0 aromatic rings. The van der Waals surface area contributed by atoms with E-state index in [4.69, 9.17) is 4.74 Å². The van der Waals surface area contributed by atoms with Crippen LogP contribution < -0.4 is 0 Å². The molecule has 0 fully saturated rings. The lowest BCUT2D eigenvalue weighted by molar-refractivity contribution is -0.140. The van der Waals surface area contributed by atoms with E-state index in [0.29, 0.717) is 12.3 Å². The zero-order valence-corrected chi connectivity index (χ0v) is 9.52. The molecule has 0 bridgehead atoms. The summed E-state index contributed by atoms with van der Waals surface area (Å²) in [5.41, 5.74) is -0.566. The maximum Gasteiger partial charge on any atom is 0.164 e. The summed E-state index contributed by atoms with van der Waals surface area (Å²) in [5, 5.41) is 0. The van der Waals surface area contributed by atoms with Crippen molar-refractivity contribution in [3.8, 4) is 0 Å². The van der Waals surface area contributed by atoms with Crippen LogP contribution in [-0.2, 0) is 9.53 Å². The summed E-state index contributed by atoms with van der Waals surface area (Å²) in [6, 6.07) is 0. The predicted octanol–water partition coefficient (Wildman–Crippen LogP) is 2.81. The minimum Gasteiger partial charge on any atom is -0.371 e. The summed E-state index contributed by atoms with van der Waals surface area (Å²) < 4.78 is 5.24. The molecular formula is C11H22O2. The molecule has 0 amide bonds. The largest absolute Gasteiger partial charge is 0.371 e. The molecule has 2 atom stereocenters. The van der Waals surface area contributed by atoms with Crippen LogP contribution in [0.15, 0.2) is 0 Å². The molecule has 0 N–H and O–H groups in total. The minimum atomic E-state index is -0.566. The number of carbonyl (C=O) groups excluding carboxylic acids is 1. The van der Waals surface area contributed by atoms with E-state index in [1.54, 1.807) is 7.11 Å². The van der Waals surface area contributed by atoms with Crippen molar-refractivity contribution in [3.05, 3.63) is 0 Å². The summed E-state index contributed by atoms with van der Waals surface area (Å²) in [5.74, 6) is 0.695. The van der Waals surface area contributed by atoms with E-state index in [-0.39, 0.29) is 5.78 Å². The van der Waals surface area contributed by atoms with Gasteiger partial charge in [-0.1, -0.05) is 27.2 Å². The van der Waals surface area contributed by atoms with E-state index in [9.17, 15) is 4.79 Å². The molecule has 2 heteroatoms. The van der Waals surface area contributed by atoms with Gasteiger partial charge in [0.1, 0.15) is 5.60 Å². The highest BCUT2D eigenvalue weighted by atomic mass is 16.5. The lowest BCUT2D eigenvalue weighted by Crippen LogP contribution is -2.37. The van der Waals surface area contributed by atoms with Gasteiger partial charge < -0.3 is 4.74 Å². The van der Waals surface area contributed by atoms with Crippen LogP contribution in [0.3, 0.4) is 0 Å². The molecule has 0 aromatic heterocycles. The third-order valence-electron chi connectivity index (χ3n) is 2.95. The van der Waals surface area contributed by atoms with Crippen molar-refractivity contribution in [1.82, 2.24) is 0 Å². The van der Waals surface area contributed by atoms with Crippen molar-refractivity contribution in [2.75, 3.05) is 7.11 Å². The molecule has 0 radical (unpaired) electrons. The van der Waals surface area contributed by atoms with Crippen LogP contribution in [0.5, 0.6) is 0 Å². The Morgan fingerprint density at radius 2 is 2.00 bits per heavy atom. The van der Waals surface area contributed by atoms with E-state index in [0.717, 1.165) is 12.8 Å². The van der Waals surface area contributed by atoms with Gasteiger partial charge in [-0.2, -0.15) is 0 Å².